The van der Waals surface area contributed by atoms with Crippen molar-refractivity contribution in [1.29, 1.82) is 0 Å². The van der Waals surface area contributed by atoms with Gasteiger partial charge in [0.1, 0.15) is 5.75 Å². The van der Waals surface area contributed by atoms with Gasteiger partial charge in [0.2, 0.25) is 0 Å². The van der Waals surface area contributed by atoms with Gasteiger partial charge in [0, 0.05) is 17.6 Å². The summed E-state index contributed by atoms with van der Waals surface area (Å²) in [6.07, 6.45) is 1.21. The van der Waals surface area contributed by atoms with Crippen molar-refractivity contribution in [2.45, 2.75) is 11.8 Å². The van der Waals surface area contributed by atoms with E-state index in [9.17, 15) is 8.42 Å². The van der Waals surface area contributed by atoms with Gasteiger partial charge in [-0.1, -0.05) is 0 Å². The lowest BCUT2D eigenvalue weighted by Gasteiger charge is -2.13. The van der Waals surface area contributed by atoms with E-state index in [0.29, 0.717) is 4.90 Å². The van der Waals surface area contributed by atoms with Gasteiger partial charge in [0.15, 0.2) is 9.84 Å². The molecule has 0 radical (unpaired) electrons. The fourth-order valence-electron chi connectivity index (χ4n) is 2.71. The first-order valence-corrected chi connectivity index (χ1v) is 9.42. The highest BCUT2D eigenvalue weighted by atomic mass is 32.2. The Morgan fingerprint density at radius 3 is 2.04 bits per heavy atom. The minimum absolute atomic E-state index is 0.321. The lowest BCUT2D eigenvalue weighted by Crippen LogP contribution is -2.01. The lowest BCUT2D eigenvalue weighted by atomic mass is 10.1. The average molecular weight is 341 g/mol. The van der Waals surface area contributed by atoms with Crippen LogP contribution in [0.25, 0.3) is 16.9 Å². The Bertz CT molecular complexity index is 953. The normalized spacial score (nSPS) is 11.5. The Morgan fingerprint density at radius 2 is 1.50 bits per heavy atom. The molecule has 124 valence electrons. The summed E-state index contributed by atoms with van der Waals surface area (Å²) in [5.74, 6) is 0.811. The summed E-state index contributed by atoms with van der Waals surface area (Å²) in [4.78, 5) is 0.321. The number of sulfone groups is 1. The number of ether oxygens (including phenoxy) is 1. The molecule has 0 unspecified atom stereocenters. The van der Waals surface area contributed by atoms with Crippen LogP contribution in [0.3, 0.4) is 0 Å². The largest absolute Gasteiger partial charge is 0.497 e. The van der Waals surface area contributed by atoms with E-state index < -0.39 is 9.84 Å². The maximum atomic E-state index is 11.6. The third-order valence-electron chi connectivity index (χ3n) is 3.98. The van der Waals surface area contributed by atoms with Crippen LogP contribution in [0, 0.1) is 6.92 Å². The molecule has 0 aliphatic carbocycles. The summed E-state index contributed by atoms with van der Waals surface area (Å²) in [6.45, 7) is 2.03. The summed E-state index contributed by atoms with van der Waals surface area (Å²) in [5.41, 5.74) is 4.11. The van der Waals surface area contributed by atoms with Crippen molar-refractivity contribution >= 4 is 9.84 Å². The van der Waals surface area contributed by atoms with Crippen LogP contribution in [-0.4, -0.2) is 26.4 Å². The summed E-state index contributed by atoms with van der Waals surface area (Å²) in [7, 11) is -1.55. The van der Waals surface area contributed by atoms with Crippen LogP contribution in [0.1, 0.15) is 5.69 Å². The van der Waals surface area contributed by atoms with E-state index in [1.54, 1.807) is 19.2 Å². The van der Waals surface area contributed by atoms with Crippen LogP contribution in [0.4, 0.5) is 0 Å². The van der Waals surface area contributed by atoms with E-state index in [-0.39, 0.29) is 0 Å². The zero-order chi connectivity index (χ0) is 17.3. The maximum Gasteiger partial charge on any atom is 0.175 e. The molecule has 0 bridgehead atoms. The Balaban J connectivity index is 2.07. The van der Waals surface area contributed by atoms with E-state index in [4.69, 9.17) is 4.74 Å². The Labute approximate surface area is 142 Å². The van der Waals surface area contributed by atoms with E-state index in [2.05, 4.69) is 10.6 Å². The van der Waals surface area contributed by atoms with E-state index >= 15 is 0 Å². The standard InChI is InChI=1S/C19H19NO3S/c1-14-4-13-19(15-5-9-17(23-2)10-6-15)20(14)16-7-11-18(12-8-16)24(3,21)22/h4-13H,1-3H3. The van der Waals surface area contributed by atoms with E-state index in [1.807, 2.05) is 49.4 Å². The number of aromatic nitrogens is 1. The van der Waals surface area contributed by atoms with Crippen molar-refractivity contribution in [3.8, 4) is 22.7 Å². The van der Waals surface area contributed by atoms with Crippen LogP contribution < -0.4 is 4.74 Å². The molecule has 1 heterocycles. The van der Waals surface area contributed by atoms with Crippen molar-refractivity contribution in [1.82, 2.24) is 4.57 Å². The van der Waals surface area contributed by atoms with Gasteiger partial charge in [0.05, 0.1) is 17.7 Å². The highest BCUT2D eigenvalue weighted by Crippen LogP contribution is 2.28. The molecule has 3 rings (SSSR count). The van der Waals surface area contributed by atoms with Gasteiger partial charge in [-0.15, -0.1) is 0 Å². The van der Waals surface area contributed by atoms with Gasteiger partial charge < -0.3 is 9.30 Å². The van der Waals surface area contributed by atoms with Gasteiger partial charge in [-0.2, -0.15) is 0 Å². The fraction of sp³-hybridized carbons (Fsp3) is 0.158. The number of benzene rings is 2. The summed E-state index contributed by atoms with van der Waals surface area (Å²) in [5, 5.41) is 0. The summed E-state index contributed by atoms with van der Waals surface area (Å²) >= 11 is 0. The topological polar surface area (TPSA) is 48.3 Å². The first kappa shape index (κ1) is 16.3. The average Bonchev–Trinajstić information content (AvgIpc) is 2.96. The number of aryl methyl sites for hydroxylation is 1. The number of hydrogen-bond donors (Lipinski definition) is 0. The Hall–Kier alpha value is -2.53. The highest BCUT2D eigenvalue weighted by molar-refractivity contribution is 7.90. The third kappa shape index (κ3) is 3.08. The van der Waals surface area contributed by atoms with Crippen molar-refractivity contribution in [2.75, 3.05) is 13.4 Å². The molecule has 0 saturated carbocycles. The highest BCUT2D eigenvalue weighted by Gasteiger charge is 2.11. The Kier molecular flexibility index (Phi) is 4.20. The molecular formula is C19H19NO3S. The first-order valence-electron chi connectivity index (χ1n) is 7.53. The zero-order valence-electron chi connectivity index (χ0n) is 13.9. The van der Waals surface area contributed by atoms with Gasteiger partial charge in [0.25, 0.3) is 0 Å². The van der Waals surface area contributed by atoms with E-state index in [0.717, 1.165) is 28.4 Å². The second kappa shape index (κ2) is 6.17. The number of methoxy groups -OCH3 is 1. The SMILES string of the molecule is COc1ccc(-c2ccc(C)n2-c2ccc(S(C)(=O)=O)cc2)cc1. The lowest BCUT2D eigenvalue weighted by molar-refractivity contribution is 0.415. The number of hydrogen-bond acceptors (Lipinski definition) is 3. The predicted octanol–water partition coefficient (Wildman–Crippen LogP) is 3.86. The molecule has 1 aromatic heterocycles. The quantitative estimate of drug-likeness (QED) is 0.724. The molecule has 0 spiro atoms. The molecule has 0 saturated heterocycles. The maximum absolute atomic E-state index is 11.6. The molecule has 0 N–H and O–H groups in total. The van der Waals surface area contributed by atoms with Gasteiger partial charge in [-0.05, 0) is 73.2 Å². The minimum atomic E-state index is -3.19. The van der Waals surface area contributed by atoms with E-state index in [1.165, 1.54) is 6.26 Å². The predicted molar refractivity (Wildman–Crippen MR) is 95.6 cm³/mol. The summed E-state index contributed by atoms with van der Waals surface area (Å²) in [6, 6.07) is 18.9. The van der Waals surface area contributed by atoms with Crippen LogP contribution >= 0.6 is 0 Å². The molecule has 2 aromatic carbocycles. The molecule has 0 fully saturated rings. The number of nitrogens with zero attached hydrogens (tertiary/aromatic N) is 1. The van der Waals surface area contributed by atoms with Gasteiger partial charge >= 0.3 is 0 Å². The third-order valence-corrected chi connectivity index (χ3v) is 5.11. The van der Waals surface area contributed by atoms with Crippen LogP contribution in [-0.2, 0) is 9.84 Å². The van der Waals surface area contributed by atoms with Gasteiger partial charge in [-0.25, -0.2) is 8.42 Å². The van der Waals surface area contributed by atoms with Gasteiger partial charge in [-0.3, -0.25) is 0 Å². The summed E-state index contributed by atoms with van der Waals surface area (Å²) < 4.78 is 30.6. The molecule has 5 heteroatoms. The number of rotatable bonds is 4. The molecule has 0 aliphatic rings. The van der Waals surface area contributed by atoms with Crippen molar-refractivity contribution in [3.05, 3.63) is 66.4 Å². The fourth-order valence-corrected chi connectivity index (χ4v) is 3.34. The second-order valence-electron chi connectivity index (χ2n) is 5.69. The molecule has 0 aliphatic heterocycles. The first-order chi connectivity index (χ1) is 11.4. The zero-order valence-corrected chi connectivity index (χ0v) is 14.7. The molecule has 0 atom stereocenters. The molecule has 0 amide bonds. The van der Waals surface area contributed by atoms with Crippen molar-refractivity contribution in [3.63, 3.8) is 0 Å². The van der Waals surface area contributed by atoms with Crippen molar-refractivity contribution in [2.24, 2.45) is 0 Å². The minimum Gasteiger partial charge on any atom is -0.497 e. The van der Waals surface area contributed by atoms with Crippen molar-refractivity contribution < 1.29 is 13.2 Å². The van der Waals surface area contributed by atoms with Crippen LogP contribution in [0.2, 0.25) is 0 Å². The molecule has 24 heavy (non-hydrogen) atoms. The Morgan fingerprint density at radius 1 is 0.875 bits per heavy atom. The molecular weight excluding hydrogens is 322 g/mol. The molecule has 3 aromatic rings. The monoisotopic (exact) mass is 341 g/mol. The smallest absolute Gasteiger partial charge is 0.175 e. The van der Waals surface area contributed by atoms with Crippen LogP contribution in [0.5, 0.6) is 5.75 Å². The second-order valence-corrected chi connectivity index (χ2v) is 7.71. The molecule has 4 nitrogen and oxygen atoms in total. The van der Waals surface area contributed by atoms with Crippen LogP contribution in [0.15, 0.2) is 65.6 Å².